The molecule has 0 bridgehead atoms. The van der Waals surface area contributed by atoms with Gasteiger partial charge in [0.2, 0.25) is 5.96 Å². The topological polar surface area (TPSA) is 89.2 Å². The van der Waals surface area contributed by atoms with Crippen LogP contribution in [0.5, 0.6) is 5.75 Å². The largest absolute Gasteiger partial charge is 0.497 e. The van der Waals surface area contributed by atoms with Crippen molar-refractivity contribution < 1.29 is 4.74 Å². The normalized spacial score (nSPS) is 14.4. The first-order chi connectivity index (χ1) is 9.19. The fourth-order valence-corrected chi connectivity index (χ4v) is 1.67. The highest BCUT2D eigenvalue weighted by Gasteiger charge is 2.08. The molecule has 0 atom stereocenters. The van der Waals surface area contributed by atoms with Crippen LogP contribution in [-0.2, 0) is 0 Å². The van der Waals surface area contributed by atoms with Crippen LogP contribution in [0.4, 0.5) is 5.69 Å². The minimum atomic E-state index is 0. The van der Waals surface area contributed by atoms with E-state index in [9.17, 15) is 0 Å². The van der Waals surface area contributed by atoms with Gasteiger partial charge in [-0.25, -0.2) is 4.99 Å². The summed E-state index contributed by atoms with van der Waals surface area (Å²) in [4.78, 5) is 10.1. The number of aliphatic imine (C=N–C) groups is 2. The number of hydrogen-bond acceptors (Lipinski definition) is 2. The SMILES string of the molecule is COc1ccc(N=C(N)/N=C(/N)N2CC=CC2)cc1.Cl.Cl. The van der Waals surface area contributed by atoms with E-state index in [-0.39, 0.29) is 30.8 Å². The summed E-state index contributed by atoms with van der Waals surface area (Å²) >= 11 is 0. The summed E-state index contributed by atoms with van der Waals surface area (Å²) in [6.45, 7) is 1.51. The highest BCUT2D eigenvalue weighted by atomic mass is 35.5. The monoisotopic (exact) mass is 331 g/mol. The zero-order valence-electron chi connectivity index (χ0n) is 11.6. The molecule has 116 valence electrons. The Labute approximate surface area is 136 Å². The molecule has 0 amide bonds. The van der Waals surface area contributed by atoms with Gasteiger partial charge in [-0.3, -0.25) is 0 Å². The molecule has 0 unspecified atom stereocenters. The number of benzene rings is 1. The van der Waals surface area contributed by atoms with Crippen molar-refractivity contribution in [1.82, 2.24) is 4.90 Å². The van der Waals surface area contributed by atoms with Crippen molar-refractivity contribution in [3.8, 4) is 5.75 Å². The Morgan fingerprint density at radius 1 is 1.10 bits per heavy atom. The molecule has 1 aromatic carbocycles. The van der Waals surface area contributed by atoms with Gasteiger partial charge in [0.15, 0.2) is 5.96 Å². The molecule has 6 nitrogen and oxygen atoms in total. The molecule has 1 aliphatic rings. The number of halogens is 2. The van der Waals surface area contributed by atoms with Gasteiger partial charge in [-0.2, -0.15) is 4.99 Å². The Hall–Kier alpha value is -1.92. The van der Waals surface area contributed by atoms with E-state index in [1.807, 2.05) is 29.2 Å². The summed E-state index contributed by atoms with van der Waals surface area (Å²) in [5.74, 6) is 1.28. The van der Waals surface area contributed by atoms with Crippen molar-refractivity contribution in [3.63, 3.8) is 0 Å². The van der Waals surface area contributed by atoms with Gasteiger partial charge in [-0.05, 0) is 24.3 Å². The smallest absolute Gasteiger partial charge is 0.223 e. The minimum Gasteiger partial charge on any atom is -0.497 e. The van der Waals surface area contributed by atoms with Gasteiger partial charge >= 0.3 is 0 Å². The molecule has 2 rings (SSSR count). The van der Waals surface area contributed by atoms with Crippen LogP contribution >= 0.6 is 24.8 Å². The van der Waals surface area contributed by atoms with Crippen LogP contribution in [0.1, 0.15) is 0 Å². The van der Waals surface area contributed by atoms with Crippen molar-refractivity contribution in [2.45, 2.75) is 0 Å². The van der Waals surface area contributed by atoms with E-state index in [0.29, 0.717) is 11.6 Å². The number of methoxy groups -OCH3 is 1. The molecule has 0 saturated carbocycles. The van der Waals surface area contributed by atoms with Gasteiger partial charge in [-0.15, -0.1) is 24.8 Å². The third-order valence-electron chi connectivity index (χ3n) is 2.69. The van der Waals surface area contributed by atoms with E-state index in [4.69, 9.17) is 16.2 Å². The molecular formula is C13H19Cl2N5O. The number of nitrogens with zero attached hydrogens (tertiary/aromatic N) is 3. The fourth-order valence-electron chi connectivity index (χ4n) is 1.67. The molecule has 0 aliphatic carbocycles. The minimum absolute atomic E-state index is 0. The second-order valence-corrected chi connectivity index (χ2v) is 4.01. The van der Waals surface area contributed by atoms with Gasteiger partial charge in [0.25, 0.3) is 0 Å². The van der Waals surface area contributed by atoms with Crippen LogP contribution < -0.4 is 16.2 Å². The Bertz CT molecular complexity index is 520. The standard InChI is InChI=1S/C13H17N5O.2ClH/c1-19-11-6-4-10(5-7-11)16-12(14)17-13(15)18-8-2-3-9-18;;/h2-7H,8-9H2,1H3,(H4,14,15,16,17);2*1H. The van der Waals surface area contributed by atoms with E-state index in [0.717, 1.165) is 18.8 Å². The molecule has 1 aromatic rings. The molecule has 8 heteroatoms. The zero-order valence-corrected chi connectivity index (χ0v) is 13.2. The lowest BCUT2D eigenvalue weighted by atomic mass is 10.3. The highest BCUT2D eigenvalue weighted by Crippen LogP contribution is 2.17. The summed E-state index contributed by atoms with van der Waals surface area (Å²) in [6.07, 6.45) is 4.05. The van der Waals surface area contributed by atoms with Gasteiger partial charge < -0.3 is 21.1 Å². The lowest BCUT2D eigenvalue weighted by Crippen LogP contribution is -2.36. The van der Waals surface area contributed by atoms with Crippen molar-refractivity contribution in [2.75, 3.05) is 20.2 Å². The number of hydrogen-bond donors (Lipinski definition) is 2. The van der Waals surface area contributed by atoms with Crippen LogP contribution in [0.2, 0.25) is 0 Å². The number of guanidine groups is 2. The Kier molecular flexibility index (Phi) is 8.26. The maximum Gasteiger partial charge on any atom is 0.223 e. The van der Waals surface area contributed by atoms with Gasteiger partial charge in [-0.1, -0.05) is 12.2 Å². The first-order valence-corrected chi connectivity index (χ1v) is 5.91. The molecule has 1 heterocycles. The van der Waals surface area contributed by atoms with Gasteiger partial charge in [0, 0.05) is 13.1 Å². The molecule has 21 heavy (non-hydrogen) atoms. The summed E-state index contributed by atoms with van der Waals surface area (Å²) in [6, 6.07) is 7.22. The summed E-state index contributed by atoms with van der Waals surface area (Å²) in [5.41, 5.74) is 12.3. The van der Waals surface area contributed by atoms with E-state index < -0.39 is 0 Å². The van der Waals surface area contributed by atoms with Crippen molar-refractivity contribution in [1.29, 1.82) is 0 Å². The molecular weight excluding hydrogens is 313 g/mol. The van der Waals surface area contributed by atoms with E-state index >= 15 is 0 Å². The van der Waals surface area contributed by atoms with Crippen LogP contribution in [0, 0.1) is 0 Å². The van der Waals surface area contributed by atoms with E-state index in [1.165, 1.54) is 0 Å². The Balaban J connectivity index is 0.00000200. The Morgan fingerprint density at radius 3 is 2.19 bits per heavy atom. The van der Waals surface area contributed by atoms with E-state index in [1.54, 1.807) is 19.2 Å². The number of nitrogens with two attached hydrogens (primary N) is 2. The second kappa shape index (κ2) is 9.10. The van der Waals surface area contributed by atoms with Crippen LogP contribution in [0.3, 0.4) is 0 Å². The molecule has 4 N–H and O–H groups in total. The first-order valence-electron chi connectivity index (χ1n) is 5.91. The maximum atomic E-state index is 5.83. The molecule has 0 fully saturated rings. The second-order valence-electron chi connectivity index (χ2n) is 4.01. The van der Waals surface area contributed by atoms with Crippen LogP contribution in [0.15, 0.2) is 46.4 Å². The van der Waals surface area contributed by atoms with Crippen molar-refractivity contribution >= 4 is 42.4 Å². The molecule has 0 radical (unpaired) electrons. The molecule has 0 saturated heterocycles. The summed E-state index contributed by atoms with van der Waals surface area (Å²) in [5, 5.41) is 0. The average molecular weight is 332 g/mol. The predicted molar refractivity (Wildman–Crippen MR) is 91.1 cm³/mol. The van der Waals surface area contributed by atoms with Crippen LogP contribution in [-0.4, -0.2) is 37.0 Å². The van der Waals surface area contributed by atoms with Gasteiger partial charge in [0.05, 0.1) is 12.8 Å². The average Bonchev–Trinajstić information content (AvgIpc) is 2.93. The summed E-state index contributed by atoms with van der Waals surface area (Å²) < 4.78 is 5.07. The number of rotatable bonds is 2. The van der Waals surface area contributed by atoms with E-state index in [2.05, 4.69) is 9.98 Å². The fraction of sp³-hybridized carbons (Fsp3) is 0.231. The lowest BCUT2D eigenvalue weighted by molar-refractivity contribution is 0.415. The third kappa shape index (κ3) is 5.53. The molecule has 0 spiro atoms. The Morgan fingerprint density at radius 2 is 1.67 bits per heavy atom. The van der Waals surface area contributed by atoms with Crippen molar-refractivity contribution in [3.05, 3.63) is 36.4 Å². The van der Waals surface area contributed by atoms with Crippen molar-refractivity contribution in [2.24, 2.45) is 21.5 Å². The quantitative estimate of drug-likeness (QED) is 0.490. The lowest BCUT2D eigenvalue weighted by Gasteiger charge is -2.15. The summed E-state index contributed by atoms with van der Waals surface area (Å²) in [7, 11) is 1.61. The first kappa shape index (κ1) is 19.1. The third-order valence-corrected chi connectivity index (χ3v) is 2.69. The highest BCUT2D eigenvalue weighted by molar-refractivity contribution is 5.94. The maximum absolute atomic E-state index is 5.83. The number of ether oxygens (including phenoxy) is 1. The molecule has 0 aromatic heterocycles. The predicted octanol–water partition coefficient (Wildman–Crippen LogP) is 1.67. The molecule has 1 aliphatic heterocycles. The zero-order chi connectivity index (χ0) is 13.7. The van der Waals surface area contributed by atoms with Gasteiger partial charge in [0.1, 0.15) is 5.75 Å². The van der Waals surface area contributed by atoms with Crippen LogP contribution in [0.25, 0.3) is 0 Å².